The summed E-state index contributed by atoms with van der Waals surface area (Å²) in [5.74, 6) is 0.314. The molecule has 0 saturated carbocycles. The van der Waals surface area contributed by atoms with Gasteiger partial charge in [-0.25, -0.2) is 0 Å². The van der Waals surface area contributed by atoms with Crippen LogP contribution in [0.4, 0.5) is 0 Å². The average molecular weight is 322 g/mol. The van der Waals surface area contributed by atoms with Crippen molar-refractivity contribution in [3.8, 4) is 0 Å². The number of benzene rings is 1. The molecule has 1 aromatic heterocycles. The summed E-state index contributed by atoms with van der Waals surface area (Å²) < 4.78 is 11.4. The van der Waals surface area contributed by atoms with Crippen LogP contribution in [-0.4, -0.2) is 36.6 Å². The molecule has 1 aliphatic rings. The van der Waals surface area contributed by atoms with E-state index in [1.54, 1.807) is 6.07 Å². The molecule has 0 N–H and O–H groups in total. The lowest BCUT2D eigenvalue weighted by Crippen LogP contribution is -2.43. The molecule has 1 amide bonds. The maximum atomic E-state index is 12.8. The molecule has 2 aromatic rings. The Hall–Kier alpha value is -1.52. The smallest absolute Gasteiger partial charge is 0.289 e. The molecule has 0 spiro atoms. The Labute approximate surface area is 135 Å². The highest BCUT2D eigenvalue weighted by atomic mass is 35.5. The number of hydrogen-bond donors (Lipinski definition) is 0. The van der Waals surface area contributed by atoms with Crippen molar-refractivity contribution in [2.45, 2.75) is 32.8 Å². The van der Waals surface area contributed by atoms with Crippen LogP contribution in [0.5, 0.6) is 0 Å². The van der Waals surface area contributed by atoms with E-state index in [0.717, 1.165) is 30.3 Å². The minimum Gasteiger partial charge on any atom is -0.449 e. The van der Waals surface area contributed by atoms with E-state index in [4.69, 9.17) is 20.8 Å². The van der Waals surface area contributed by atoms with Gasteiger partial charge in [-0.2, -0.15) is 0 Å². The monoisotopic (exact) mass is 321 g/mol. The number of carbonyl (C=O) groups is 1. The number of aryl methyl sites for hydroxylation is 1. The fourth-order valence-electron chi connectivity index (χ4n) is 3.05. The van der Waals surface area contributed by atoms with E-state index >= 15 is 0 Å². The molecule has 22 heavy (non-hydrogen) atoms. The molecule has 1 unspecified atom stereocenters. The summed E-state index contributed by atoms with van der Waals surface area (Å²) in [4.78, 5) is 14.6. The van der Waals surface area contributed by atoms with Crippen LogP contribution in [0, 0.1) is 6.92 Å². The number of rotatable bonds is 3. The van der Waals surface area contributed by atoms with E-state index in [1.807, 2.05) is 30.9 Å². The molecule has 3 rings (SSSR count). The quantitative estimate of drug-likeness (QED) is 0.857. The molecule has 1 atom stereocenters. The summed E-state index contributed by atoms with van der Waals surface area (Å²) in [6.45, 7) is 5.92. The Morgan fingerprint density at radius 2 is 2.32 bits per heavy atom. The molecule has 0 radical (unpaired) electrons. The van der Waals surface area contributed by atoms with Gasteiger partial charge in [-0.05, 0) is 32.8 Å². The van der Waals surface area contributed by atoms with Crippen molar-refractivity contribution in [3.05, 3.63) is 34.5 Å². The highest BCUT2D eigenvalue weighted by molar-refractivity contribution is 6.35. The number of piperidine rings is 1. The van der Waals surface area contributed by atoms with Gasteiger partial charge in [-0.1, -0.05) is 23.7 Å². The minimum atomic E-state index is -0.0748. The van der Waals surface area contributed by atoms with Crippen LogP contribution in [0.3, 0.4) is 0 Å². The summed E-state index contributed by atoms with van der Waals surface area (Å²) in [6, 6.07) is 5.57. The number of halogens is 1. The molecule has 2 heterocycles. The number of likely N-dealkylation sites (tertiary alicyclic amines) is 1. The lowest BCUT2D eigenvalue weighted by molar-refractivity contribution is 0.00621. The molecule has 118 valence electrons. The minimum absolute atomic E-state index is 0.0748. The Kier molecular flexibility index (Phi) is 4.41. The maximum absolute atomic E-state index is 12.8. The standard InChI is InChI=1S/C17H20ClNO3/c1-3-21-12-6-5-9-19(10-12)17(20)15-11(2)13-7-4-8-14(18)16(13)22-15/h4,7-8,12H,3,5-6,9-10H2,1-2H3. The number of fused-ring (bicyclic) bond motifs is 1. The van der Waals surface area contributed by atoms with Crippen LogP contribution < -0.4 is 0 Å². The third kappa shape index (κ3) is 2.73. The second kappa shape index (κ2) is 6.31. The zero-order chi connectivity index (χ0) is 15.7. The topological polar surface area (TPSA) is 42.7 Å². The summed E-state index contributed by atoms with van der Waals surface area (Å²) >= 11 is 6.16. The maximum Gasteiger partial charge on any atom is 0.289 e. The number of carbonyl (C=O) groups excluding carboxylic acids is 1. The fraction of sp³-hybridized carbons (Fsp3) is 0.471. The van der Waals surface area contributed by atoms with E-state index in [-0.39, 0.29) is 12.0 Å². The van der Waals surface area contributed by atoms with Crippen LogP contribution in [0.2, 0.25) is 5.02 Å². The number of para-hydroxylation sites is 1. The lowest BCUT2D eigenvalue weighted by atomic mass is 10.1. The van der Waals surface area contributed by atoms with Crippen LogP contribution in [0.15, 0.2) is 22.6 Å². The van der Waals surface area contributed by atoms with Crippen LogP contribution >= 0.6 is 11.6 Å². The van der Waals surface area contributed by atoms with Crippen molar-refractivity contribution in [2.75, 3.05) is 19.7 Å². The zero-order valence-corrected chi connectivity index (χ0v) is 13.7. The van der Waals surface area contributed by atoms with E-state index in [0.29, 0.717) is 29.5 Å². The third-order valence-corrected chi connectivity index (χ3v) is 4.48. The van der Waals surface area contributed by atoms with Crippen molar-refractivity contribution in [3.63, 3.8) is 0 Å². The summed E-state index contributed by atoms with van der Waals surface area (Å²) in [6.07, 6.45) is 2.08. The molecule has 4 nitrogen and oxygen atoms in total. The summed E-state index contributed by atoms with van der Waals surface area (Å²) in [5.41, 5.74) is 1.43. The Bertz CT molecular complexity index is 693. The first kappa shape index (κ1) is 15.4. The Morgan fingerprint density at radius 1 is 1.50 bits per heavy atom. The van der Waals surface area contributed by atoms with Gasteiger partial charge in [0.15, 0.2) is 11.3 Å². The van der Waals surface area contributed by atoms with Gasteiger partial charge in [0, 0.05) is 30.6 Å². The first-order chi connectivity index (χ1) is 10.6. The molecule has 1 fully saturated rings. The second-order valence-corrected chi connectivity index (χ2v) is 6.05. The highest BCUT2D eigenvalue weighted by Gasteiger charge is 2.28. The van der Waals surface area contributed by atoms with Gasteiger partial charge in [0.1, 0.15) is 0 Å². The number of hydrogen-bond acceptors (Lipinski definition) is 3. The van der Waals surface area contributed by atoms with Gasteiger partial charge < -0.3 is 14.1 Å². The van der Waals surface area contributed by atoms with Crippen LogP contribution in [-0.2, 0) is 4.74 Å². The molecular weight excluding hydrogens is 302 g/mol. The first-order valence-corrected chi connectivity index (χ1v) is 8.08. The van der Waals surface area contributed by atoms with Crippen LogP contribution in [0.1, 0.15) is 35.9 Å². The van der Waals surface area contributed by atoms with Gasteiger partial charge >= 0.3 is 0 Å². The number of ether oxygens (including phenoxy) is 1. The van der Waals surface area contributed by atoms with Crippen LogP contribution in [0.25, 0.3) is 11.0 Å². The predicted octanol–water partition coefficient (Wildman–Crippen LogP) is 4.04. The molecule has 0 aliphatic carbocycles. The van der Waals surface area contributed by atoms with Gasteiger partial charge in [0.2, 0.25) is 0 Å². The number of furan rings is 1. The van der Waals surface area contributed by atoms with E-state index in [2.05, 4.69) is 0 Å². The third-order valence-electron chi connectivity index (χ3n) is 4.18. The van der Waals surface area contributed by atoms with Gasteiger partial charge in [-0.3, -0.25) is 4.79 Å². The SMILES string of the molecule is CCOC1CCCN(C(=O)c2oc3c(Cl)cccc3c2C)C1. The number of amides is 1. The van der Waals surface area contributed by atoms with E-state index in [1.165, 1.54) is 0 Å². The zero-order valence-electron chi connectivity index (χ0n) is 12.9. The van der Waals surface area contributed by atoms with Crippen molar-refractivity contribution < 1.29 is 13.9 Å². The Balaban J connectivity index is 1.89. The molecule has 1 aliphatic heterocycles. The normalized spacial score (nSPS) is 18.9. The van der Waals surface area contributed by atoms with E-state index in [9.17, 15) is 4.79 Å². The van der Waals surface area contributed by atoms with Gasteiger partial charge in [0.25, 0.3) is 5.91 Å². The predicted molar refractivity (Wildman–Crippen MR) is 86.5 cm³/mol. The Morgan fingerprint density at radius 3 is 3.05 bits per heavy atom. The van der Waals surface area contributed by atoms with Crippen molar-refractivity contribution in [2.24, 2.45) is 0 Å². The second-order valence-electron chi connectivity index (χ2n) is 5.64. The molecule has 1 aromatic carbocycles. The summed E-state index contributed by atoms with van der Waals surface area (Å²) in [7, 11) is 0. The lowest BCUT2D eigenvalue weighted by Gasteiger charge is -2.32. The molecule has 5 heteroatoms. The van der Waals surface area contributed by atoms with E-state index < -0.39 is 0 Å². The number of nitrogens with zero attached hydrogens (tertiary/aromatic N) is 1. The van der Waals surface area contributed by atoms with Gasteiger partial charge in [-0.15, -0.1) is 0 Å². The average Bonchev–Trinajstić information content (AvgIpc) is 2.86. The first-order valence-electron chi connectivity index (χ1n) is 7.70. The van der Waals surface area contributed by atoms with Gasteiger partial charge in [0.05, 0.1) is 11.1 Å². The fourth-order valence-corrected chi connectivity index (χ4v) is 3.26. The molecule has 0 bridgehead atoms. The van der Waals surface area contributed by atoms with Crippen molar-refractivity contribution >= 4 is 28.5 Å². The van der Waals surface area contributed by atoms with Crippen molar-refractivity contribution in [1.29, 1.82) is 0 Å². The largest absolute Gasteiger partial charge is 0.449 e. The molecule has 1 saturated heterocycles. The highest BCUT2D eigenvalue weighted by Crippen LogP contribution is 2.31. The van der Waals surface area contributed by atoms with Crippen molar-refractivity contribution in [1.82, 2.24) is 4.90 Å². The summed E-state index contributed by atoms with van der Waals surface area (Å²) in [5, 5.41) is 1.43. The molecular formula is C17H20ClNO3.